The molecule has 1 heterocycles. The van der Waals surface area contributed by atoms with Crippen LogP contribution in [0, 0.1) is 27.7 Å². The van der Waals surface area contributed by atoms with Gasteiger partial charge < -0.3 is 9.47 Å². The molecule has 1 aromatic heterocycles. The second-order valence-corrected chi connectivity index (χ2v) is 7.98. The summed E-state index contributed by atoms with van der Waals surface area (Å²) in [6.45, 7) is 7.43. The van der Waals surface area contributed by atoms with Gasteiger partial charge in [-0.3, -0.25) is 9.59 Å². The Morgan fingerprint density at radius 2 is 1.58 bits per heavy atom. The highest BCUT2D eigenvalue weighted by atomic mass is 16.5. The first-order valence-corrected chi connectivity index (χ1v) is 10.7. The van der Waals surface area contributed by atoms with E-state index in [-0.39, 0.29) is 24.8 Å². The number of hydrogen-bond acceptors (Lipinski definition) is 6. The number of benzene rings is 2. The van der Waals surface area contributed by atoms with Gasteiger partial charge in [-0.2, -0.15) is 5.10 Å². The SMILES string of the molecule is COC(=O)CCc1c(C)nn(-c2ccc(C(=O)OCC(=O)c3ccc(C)c(C)c3)cc2)c1C. The predicted molar refractivity (Wildman–Crippen MR) is 124 cm³/mol. The molecule has 0 amide bonds. The zero-order chi connectivity index (χ0) is 24.1. The lowest BCUT2D eigenvalue weighted by Gasteiger charge is -2.08. The highest BCUT2D eigenvalue weighted by molar-refractivity contribution is 5.99. The van der Waals surface area contributed by atoms with Crippen molar-refractivity contribution in [1.82, 2.24) is 9.78 Å². The summed E-state index contributed by atoms with van der Waals surface area (Å²) in [5, 5.41) is 4.57. The monoisotopic (exact) mass is 448 g/mol. The molecular weight excluding hydrogens is 420 g/mol. The number of rotatable bonds is 8. The van der Waals surface area contributed by atoms with Gasteiger partial charge in [0, 0.05) is 17.7 Å². The molecule has 0 fully saturated rings. The third-order valence-corrected chi connectivity index (χ3v) is 5.76. The van der Waals surface area contributed by atoms with Crippen LogP contribution in [0.25, 0.3) is 5.69 Å². The maximum Gasteiger partial charge on any atom is 0.338 e. The number of ether oxygens (including phenoxy) is 2. The van der Waals surface area contributed by atoms with E-state index in [1.165, 1.54) is 7.11 Å². The fourth-order valence-corrected chi connectivity index (χ4v) is 3.57. The number of methoxy groups -OCH3 is 1. The van der Waals surface area contributed by atoms with Crippen LogP contribution in [0.1, 0.15) is 55.2 Å². The number of hydrogen-bond donors (Lipinski definition) is 0. The summed E-state index contributed by atoms with van der Waals surface area (Å²) in [5.41, 5.74) is 6.52. The second-order valence-electron chi connectivity index (χ2n) is 7.98. The third kappa shape index (κ3) is 5.55. The fourth-order valence-electron chi connectivity index (χ4n) is 3.57. The zero-order valence-corrected chi connectivity index (χ0v) is 19.6. The largest absolute Gasteiger partial charge is 0.469 e. The van der Waals surface area contributed by atoms with Crippen LogP contribution in [0.5, 0.6) is 0 Å². The quantitative estimate of drug-likeness (QED) is 0.378. The van der Waals surface area contributed by atoms with Crippen LogP contribution >= 0.6 is 0 Å². The van der Waals surface area contributed by atoms with Crippen molar-refractivity contribution in [2.45, 2.75) is 40.5 Å². The van der Waals surface area contributed by atoms with Crippen molar-refractivity contribution in [2.24, 2.45) is 0 Å². The first kappa shape index (κ1) is 23.9. The van der Waals surface area contributed by atoms with E-state index in [0.717, 1.165) is 33.8 Å². The molecule has 0 N–H and O–H groups in total. The summed E-state index contributed by atoms with van der Waals surface area (Å²) in [6, 6.07) is 12.2. The van der Waals surface area contributed by atoms with E-state index in [1.54, 1.807) is 41.1 Å². The van der Waals surface area contributed by atoms with Crippen molar-refractivity contribution in [3.05, 3.63) is 81.7 Å². The Balaban J connectivity index is 1.66. The maximum absolute atomic E-state index is 12.4. The van der Waals surface area contributed by atoms with Crippen LogP contribution in [0.2, 0.25) is 0 Å². The molecule has 0 saturated heterocycles. The molecule has 2 aromatic carbocycles. The molecule has 0 atom stereocenters. The number of carbonyl (C=O) groups is 3. The van der Waals surface area contributed by atoms with Crippen molar-refractivity contribution in [3.8, 4) is 5.69 Å². The molecule has 0 aliphatic rings. The molecule has 0 bridgehead atoms. The maximum atomic E-state index is 12.4. The highest BCUT2D eigenvalue weighted by Gasteiger charge is 2.16. The van der Waals surface area contributed by atoms with E-state index >= 15 is 0 Å². The highest BCUT2D eigenvalue weighted by Crippen LogP contribution is 2.20. The Hall–Kier alpha value is -3.74. The minimum Gasteiger partial charge on any atom is -0.469 e. The Bertz CT molecular complexity index is 1190. The average Bonchev–Trinajstić information content (AvgIpc) is 3.10. The van der Waals surface area contributed by atoms with Gasteiger partial charge in [-0.05, 0) is 81.1 Å². The number of aryl methyl sites for hydroxylation is 3. The van der Waals surface area contributed by atoms with E-state index in [4.69, 9.17) is 9.47 Å². The summed E-state index contributed by atoms with van der Waals surface area (Å²) in [4.78, 5) is 36.2. The Kier molecular flexibility index (Phi) is 7.43. The number of carbonyl (C=O) groups excluding carboxylic acids is 3. The normalized spacial score (nSPS) is 10.7. The number of Topliss-reactive ketones (excluding diaryl/α,β-unsaturated/α-hetero) is 1. The molecule has 7 heteroatoms. The van der Waals surface area contributed by atoms with Crippen LogP contribution < -0.4 is 0 Å². The molecule has 0 aliphatic carbocycles. The van der Waals surface area contributed by atoms with Crippen LogP contribution in [0.4, 0.5) is 0 Å². The van der Waals surface area contributed by atoms with Gasteiger partial charge in [0.2, 0.25) is 0 Å². The van der Waals surface area contributed by atoms with Crippen LogP contribution in [-0.2, 0) is 20.7 Å². The van der Waals surface area contributed by atoms with Crippen LogP contribution in [0.3, 0.4) is 0 Å². The van der Waals surface area contributed by atoms with Crippen molar-refractivity contribution in [2.75, 3.05) is 13.7 Å². The zero-order valence-electron chi connectivity index (χ0n) is 19.6. The van der Waals surface area contributed by atoms with Crippen LogP contribution in [-0.4, -0.2) is 41.2 Å². The van der Waals surface area contributed by atoms with E-state index in [1.807, 2.05) is 33.8 Å². The van der Waals surface area contributed by atoms with Crippen molar-refractivity contribution < 1.29 is 23.9 Å². The molecule has 7 nitrogen and oxygen atoms in total. The molecule has 0 unspecified atom stereocenters. The molecule has 0 saturated carbocycles. The predicted octanol–water partition coefficient (Wildman–Crippen LogP) is 4.25. The number of ketones is 1. The molecule has 172 valence electrons. The van der Waals surface area contributed by atoms with Gasteiger partial charge in [0.05, 0.1) is 24.1 Å². The molecule has 3 rings (SSSR count). The summed E-state index contributed by atoms with van der Waals surface area (Å²) >= 11 is 0. The lowest BCUT2D eigenvalue weighted by atomic mass is 10.0. The van der Waals surface area contributed by atoms with Gasteiger partial charge in [0.1, 0.15) is 0 Å². The van der Waals surface area contributed by atoms with Gasteiger partial charge in [-0.15, -0.1) is 0 Å². The van der Waals surface area contributed by atoms with Gasteiger partial charge in [0.15, 0.2) is 12.4 Å². The van der Waals surface area contributed by atoms with E-state index in [2.05, 4.69) is 5.10 Å². The molecule has 3 aromatic rings. The van der Waals surface area contributed by atoms with E-state index < -0.39 is 5.97 Å². The Morgan fingerprint density at radius 3 is 2.21 bits per heavy atom. The topological polar surface area (TPSA) is 87.5 Å². The summed E-state index contributed by atoms with van der Waals surface area (Å²) in [5.74, 6) is -1.07. The van der Waals surface area contributed by atoms with Gasteiger partial charge in [-0.25, -0.2) is 9.48 Å². The lowest BCUT2D eigenvalue weighted by Crippen LogP contribution is -2.14. The summed E-state index contributed by atoms with van der Waals surface area (Å²) in [6.07, 6.45) is 0.832. The summed E-state index contributed by atoms with van der Waals surface area (Å²) in [7, 11) is 1.37. The number of nitrogens with zero attached hydrogens (tertiary/aromatic N) is 2. The molecule has 0 aliphatic heterocycles. The van der Waals surface area contributed by atoms with Crippen molar-refractivity contribution in [3.63, 3.8) is 0 Å². The van der Waals surface area contributed by atoms with Crippen molar-refractivity contribution in [1.29, 1.82) is 0 Å². The van der Waals surface area contributed by atoms with Gasteiger partial charge in [0.25, 0.3) is 0 Å². The van der Waals surface area contributed by atoms with E-state index in [9.17, 15) is 14.4 Å². The first-order valence-electron chi connectivity index (χ1n) is 10.7. The minimum absolute atomic E-state index is 0.245. The number of esters is 2. The van der Waals surface area contributed by atoms with Gasteiger partial charge in [-0.1, -0.05) is 12.1 Å². The molecule has 33 heavy (non-hydrogen) atoms. The smallest absolute Gasteiger partial charge is 0.338 e. The minimum atomic E-state index is -0.564. The first-order chi connectivity index (χ1) is 15.7. The fraction of sp³-hybridized carbons (Fsp3) is 0.308. The van der Waals surface area contributed by atoms with Crippen molar-refractivity contribution >= 4 is 17.7 Å². The van der Waals surface area contributed by atoms with Gasteiger partial charge >= 0.3 is 11.9 Å². The Morgan fingerprint density at radius 1 is 0.909 bits per heavy atom. The average molecular weight is 449 g/mol. The lowest BCUT2D eigenvalue weighted by molar-refractivity contribution is -0.140. The van der Waals surface area contributed by atoms with Crippen LogP contribution in [0.15, 0.2) is 42.5 Å². The molecule has 0 radical (unpaired) electrons. The summed E-state index contributed by atoms with van der Waals surface area (Å²) < 4.78 is 11.7. The number of aromatic nitrogens is 2. The second kappa shape index (κ2) is 10.3. The standard InChI is InChI=1S/C26H28N2O5/c1-16-6-7-21(14-17(16)2)24(29)15-33-26(31)20-8-10-22(11-9-20)28-19(4)23(18(3)27-28)12-13-25(30)32-5/h6-11,14H,12-13,15H2,1-5H3. The molecule has 0 spiro atoms. The molecular formula is C26H28N2O5. The van der Waals surface area contributed by atoms with E-state index in [0.29, 0.717) is 17.5 Å². The third-order valence-electron chi connectivity index (χ3n) is 5.76. The Labute approximate surface area is 193 Å².